The summed E-state index contributed by atoms with van der Waals surface area (Å²) >= 11 is 0. The van der Waals surface area contributed by atoms with Crippen molar-refractivity contribution in [2.75, 3.05) is 31.1 Å². The summed E-state index contributed by atoms with van der Waals surface area (Å²) in [6, 6.07) is 1.28. The van der Waals surface area contributed by atoms with E-state index >= 15 is 0 Å². The lowest BCUT2D eigenvalue weighted by molar-refractivity contribution is 0.0180. The van der Waals surface area contributed by atoms with Gasteiger partial charge in [0.15, 0.2) is 5.69 Å². The average Bonchev–Trinajstić information content (AvgIpc) is 2.73. The van der Waals surface area contributed by atoms with Crippen LogP contribution in [0.5, 0.6) is 0 Å². The number of anilines is 1. The molecule has 0 aliphatic carbocycles. The molecule has 1 aromatic rings. The summed E-state index contributed by atoms with van der Waals surface area (Å²) < 4.78 is 19.1. The number of carboxylic acid groups (broad SMARTS) is 1. The smallest absolute Gasteiger partial charge is 0.410 e. The SMILES string of the molecule is CC(C)(C)OC(=O)N1CCC(CCCC2CCN(c3cc(F)cnc3C(=O)O)CC2)CC1. The van der Waals surface area contributed by atoms with Crippen LogP contribution in [0.25, 0.3) is 0 Å². The third-order valence-electron chi connectivity index (χ3n) is 6.48. The molecule has 0 radical (unpaired) electrons. The molecular weight excluding hydrogens is 413 g/mol. The zero-order chi connectivity index (χ0) is 23.3. The van der Waals surface area contributed by atoms with Crippen molar-refractivity contribution in [2.24, 2.45) is 11.8 Å². The number of amides is 1. The molecular formula is C24H36FN3O4. The molecule has 2 aliphatic rings. The molecule has 8 heteroatoms. The fourth-order valence-corrected chi connectivity index (χ4v) is 4.72. The van der Waals surface area contributed by atoms with E-state index in [-0.39, 0.29) is 11.8 Å². The first-order chi connectivity index (χ1) is 15.1. The van der Waals surface area contributed by atoms with Crippen molar-refractivity contribution in [3.63, 3.8) is 0 Å². The lowest BCUT2D eigenvalue weighted by atomic mass is 9.87. The Morgan fingerprint density at radius 1 is 1.09 bits per heavy atom. The Kier molecular flexibility index (Phi) is 7.96. The van der Waals surface area contributed by atoms with E-state index in [2.05, 4.69) is 4.98 Å². The van der Waals surface area contributed by atoms with Crippen molar-refractivity contribution in [1.82, 2.24) is 9.88 Å². The van der Waals surface area contributed by atoms with Crippen LogP contribution in [0.15, 0.2) is 12.3 Å². The summed E-state index contributed by atoms with van der Waals surface area (Å²) in [5.41, 5.74) is -0.153. The number of rotatable bonds is 6. The van der Waals surface area contributed by atoms with Crippen LogP contribution in [-0.2, 0) is 4.74 Å². The van der Waals surface area contributed by atoms with Crippen LogP contribution >= 0.6 is 0 Å². The predicted molar refractivity (Wildman–Crippen MR) is 120 cm³/mol. The number of pyridine rings is 1. The fourth-order valence-electron chi connectivity index (χ4n) is 4.72. The second-order valence-corrected chi connectivity index (χ2v) is 10.1. The first kappa shape index (κ1) is 24.3. The van der Waals surface area contributed by atoms with Gasteiger partial charge in [-0.25, -0.2) is 19.0 Å². The highest BCUT2D eigenvalue weighted by Gasteiger charge is 2.28. The fraction of sp³-hybridized carbons (Fsp3) is 0.708. The van der Waals surface area contributed by atoms with Crippen molar-refractivity contribution in [2.45, 2.75) is 71.3 Å². The maximum Gasteiger partial charge on any atom is 0.410 e. The predicted octanol–water partition coefficient (Wildman–Crippen LogP) is 4.95. The standard InChI is InChI=1S/C24H36FN3O4/c1-24(2,3)32-23(31)28-13-9-18(10-14-28)6-4-5-17-7-11-27(12-8-17)20-15-19(25)16-26-21(20)22(29)30/h15-18H,4-14H2,1-3H3,(H,29,30). The van der Waals surface area contributed by atoms with Crippen LogP contribution in [0.2, 0.25) is 0 Å². The number of carbonyl (C=O) groups excluding carboxylic acids is 1. The summed E-state index contributed by atoms with van der Waals surface area (Å²) in [6.07, 6.45) is 8.28. The van der Waals surface area contributed by atoms with E-state index in [0.717, 1.165) is 64.5 Å². The number of carboxylic acids is 1. The average molecular weight is 450 g/mol. The number of aromatic nitrogens is 1. The van der Waals surface area contributed by atoms with Crippen molar-refractivity contribution in [1.29, 1.82) is 0 Å². The van der Waals surface area contributed by atoms with Gasteiger partial charge in [0, 0.05) is 32.2 Å². The minimum atomic E-state index is -1.13. The molecule has 3 heterocycles. The van der Waals surface area contributed by atoms with Crippen LogP contribution in [0.1, 0.15) is 76.2 Å². The van der Waals surface area contributed by atoms with Gasteiger partial charge >= 0.3 is 12.1 Å². The van der Waals surface area contributed by atoms with E-state index < -0.39 is 17.4 Å². The van der Waals surface area contributed by atoms with Gasteiger partial charge in [0.05, 0.1) is 11.9 Å². The van der Waals surface area contributed by atoms with Crippen LogP contribution in [0.4, 0.5) is 14.9 Å². The third kappa shape index (κ3) is 6.81. The minimum absolute atomic E-state index is 0.0809. The summed E-state index contributed by atoms with van der Waals surface area (Å²) in [6.45, 7) is 8.67. The Bertz CT molecular complexity index is 795. The number of hydrogen-bond donors (Lipinski definition) is 1. The topological polar surface area (TPSA) is 83.0 Å². The van der Waals surface area contributed by atoms with Gasteiger partial charge < -0.3 is 19.6 Å². The minimum Gasteiger partial charge on any atom is -0.476 e. The number of aromatic carboxylic acids is 1. The zero-order valence-electron chi connectivity index (χ0n) is 19.5. The molecule has 2 saturated heterocycles. The second-order valence-electron chi connectivity index (χ2n) is 10.1. The van der Waals surface area contributed by atoms with Crippen LogP contribution < -0.4 is 4.90 Å². The van der Waals surface area contributed by atoms with Gasteiger partial charge in [-0.3, -0.25) is 0 Å². The van der Waals surface area contributed by atoms with Crippen molar-refractivity contribution in [3.05, 3.63) is 23.8 Å². The highest BCUT2D eigenvalue weighted by Crippen LogP contribution is 2.30. The van der Waals surface area contributed by atoms with Crippen LogP contribution in [-0.4, -0.2) is 58.8 Å². The Hall–Kier alpha value is -2.38. The van der Waals surface area contributed by atoms with E-state index in [1.165, 1.54) is 18.9 Å². The molecule has 2 fully saturated rings. The monoisotopic (exact) mass is 449 g/mol. The lowest BCUT2D eigenvalue weighted by Crippen LogP contribution is -2.41. The number of nitrogens with zero attached hydrogens (tertiary/aromatic N) is 3. The largest absolute Gasteiger partial charge is 0.476 e. The molecule has 2 aliphatic heterocycles. The molecule has 3 rings (SSSR count). The van der Waals surface area contributed by atoms with Gasteiger partial charge in [-0.15, -0.1) is 0 Å². The van der Waals surface area contributed by atoms with Crippen molar-refractivity contribution in [3.8, 4) is 0 Å². The van der Waals surface area contributed by atoms with E-state index in [1.807, 2.05) is 30.6 Å². The molecule has 0 bridgehead atoms. The number of piperidine rings is 2. The van der Waals surface area contributed by atoms with Gasteiger partial charge in [-0.2, -0.15) is 0 Å². The molecule has 1 amide bonds. The Balaban J connectivity index is 1.37. The highest BCUT2D eigenvalue weighted by molar-refractivity contribution is 5.92. The van der Waals surface area contributed by atoms with Crippen molar-refractivity contribution >= 4 is 17.7 Å². The molecule has 0 atom stereocenters. The molecule has 1 aromatic heterocycles. The van der Waals surface area contributed by atoms with Gasteiger partial charge in [0.1, 0.15) is 11.4 Å². The molecule has 1 N–H and O–H groups in total. The van der Waals surface area contributed by atoms with Gasteiger partial charge in [0.2, 0.25) is 0 Å². The number of hydrogen-bond acceptors (Lipinski definition) is 5. The molecule has 0 aromatic carbocycles. The number of halogens is 1. The summed E-state index contributed by atoms with van der Waals surface area (Å²) in [5.74, 6) is -0.363. The summed E-state index contributed by atoms with van der Waals surface area (Å²) in [5, 5.41) is 9.34. The summed E-state index contributed by atoms with van der Waals surface area (Å²) in [7, 11) is 0. The molecule has 32 heavy (non-hydrogen) atoms. The van der Waals surface area contributed by atoms with Crippen LogP contribution in [0, 0.1) is 17.7 Å². The molecule has 178 valence electrons. The van der Waals surface area contributed by atoms with Gasteiger partial charge in [-0.1, -0.05) is 19.3 Å². The number of likely N-dealkylation sites (tertiary alicyclic amines) is 1. The number of ether oxygens (including phenoxy) is 1. The molecule has 7 nitrogen and oxygen atoms in total. The Labute approximate surface area is 189 Å². The van der Waals surface area contributed by atoms with Gasteiger partial charge in [0.25, 0.3) is 0 Å². The van der Waals surface area contributed by atoms with Crippen LogP contribution in [0.3, 0.4) is 0 Å². The van der Waals surface area contributed by atoms with E-state index in [1.54, 1.807) is 0 Å². The second kappa shape index (κ2) is 10.5. The van der Waals surface area contributed by atoms with E-state index in [9.17, 15) is 19.1 Å². The highest BCUT2D eigenvalue weighted by atomic mass is 19.1. The Morgan fingerprint density at radius 3 is 2.19 bits per heavy atom. The maximum absolute atomic E-state index is 13.6. The zero-order valence-corrected chi connectivity index (χ0v) is 19.5. The first-order valence-electron chi connectivity index (χ1n) is 11.7. The number of carbonyl (C=O) groups is 2. The maximum atomic E-state index is 13.6. The summed E-state index contributed by atoms with van der Waals surface area (Å²) in [4.78, 5) is 31.1. The van der Waals surface area contributed by atoms with E-state index in [0.29, 0.717) is 17.5 Å². The molecule has 0 unspecified atom stereocenters. The third-order valence-corrected chi connectivity index (χ3v) is 6.48. The lowest BCUT2D eigenvalue weighted by Gasteiger charge is -2.35. The van der Waals surface area contributed by atoms with Crippen molar-refractivity contribution < 1.29 is 23.8 Å². The molecule has 0 saturated carbocycles. The quantitative estimate of drug-likeness (QED) is 0.661. The van der Waals surface area contributed by atoms with Gasteiger partial charge in [-0.05, 0) is 58.3 Å². The normalized spacial score (nSPS) is 18.6. The Morgan fingerprint density at radius 2 is 1.66 bits per heavy atom. The first-order valence-corrected chi connectivity index (χ1v) is 11.7. The molecule has 0 spiro atoms. The van der Waals surface area contributed by atoms with E-state index in [4.69, 9.17) is 4.74 Å².